The molecule has 0 aliphatic rings. The molecule has 1 heterocycles. The Hall–Kier alpha value is -0.760. The fourth-order valence-electron chi connectivity index (χ4n) is 1.81. The van der Waals surface area contributed by atoms with Gasteiger partial charge in [-0.25, -0.2) is 0 Å². The minimum absolute atomic E-state index is 0.180. The third kappa shape index (κ3) is 5.40. The van der Waals surface area contributed by atoms with Gasteiger partial charge in [-0.2, -0.15) is 0 Å². The maximum absolute atomic E-state index is 5.15. The number of rotatable bonds is 4. The van der Waals surface area contributed by atoms with Crippen LogP contribution in [-0.2, 0) is 6.42 Å². The van der Waals surface area contributed by atoms with Gasteiger partial charge in [0.25, 0.3) is 0 Å². The summed E-state index contributed by atoms with van der Waals surface area (Å²) in [7, 11) is 0. The molecule has 0 aliphatic heterocycles. The van der Waals surface area contributed by atoms with E-state index in [1.165, 1.54) is 5.56 Å². The van der Waals surface area contributed by atoms with Gasteiger partial charge in [0.2, 0.25) is 0 Å². The Kier molecular flexibility index (Phi) is 4.42. The summed E-state index contributed by atoms with van der Waals surface area (Å²) in [4.78, 5) is 0. The molecule has 0 spiro atoms. The Balaban J connectivity index is 2.62. The van der Waals surface area contributed by atoms with Crippen LogP contribution >= 0.6 is 0 Å². The Bertz CT molecular complexity index is 314. The molecule has 0 saturated carbocycles. The minimum Gasteiger partial charge on any atom is -0.472 e. The van der Waals surface area contributed by atoms with Gasteiger partial charge in [-0.3, -0.25) is 0 Å². The second-order valence-electron chi connectivity index (χ2n) is 7.03. The van der Waals surface area contributed by atoms with Crippen LogP contribution in [0.25, 0.3) is 0 Å². The number of nitrogens with one attached hydrogen (secondary N) is 1. The summed E-state index contributed by atoms with van der Waals surface area (Å²) >= 11 is 0. The third-order valence-electron chi connectivity index (χ3n) is 3.17. The Morgan fingerprint density at radius 1 is 1.18 bits per heavy atom. The zero-order valence-corrected chi connectivity index (χ0v) is 12.1. The summed E-state index contributed by atoms with van der Waals surface area (Å²) in [5.74, 6) is 0.610. The van der Waals surface area contributed by atoms with Crippen LogP contribution in [-0.4, -0.2) is 12.1 Å². The fraction of sp³-hybridized carbons (Fsp3) is 0.733. The lowest BCUT2D eigenvalue weighted by Gasteiger charge is -2.33. The summed E-state index contributed by atoms with van der Waals surface area (Å²) in [6.45, 7) is 14.6. The van der Waals surface area contributed by atoms with Crippen molar-refractivity contribution in [3.05, 3.63) is 24.2 Å². The predicted molar refractivity (Wildman–Crippen MR) is 73.1 cm³/mol. The van der Waals surface area contributed by atoms with E-state index < -0.39 is 0 Å². The maximum Gasteiger partial charge on any atom is 0.0934 e. The van der Waals surface area contributed by atoms with Crippen molar-refractivity contribution in [2.24, 2.45) is 11.3 Å². The van der Waals surface area contributed by atoms with Gasteiger partial charge in [-0.15, -0.1) is 0 Å². The molecule has 1 aromatic rings. The zero-order valence-electron chi connectivity index (χ0n) is 12.1. The van der Waals surface area contributed by atoms with Crippen LogP contribution < -0.4 is 5.32 Å². The molecular formula is C15H27NO. The van der Waals surface area contributed by atoms with Crippen LogP contribution in [0.2, 0.25) is 0 Å². The van der Waals surface area contributed by atoms with Crippen LogP contribution in [0.5, 0.6) is 0 Å². The highest BCUT2D eigenvalue weighted by molar-refractivity contribution is 5.07. The fourth-order valence-corrected chi connectivity index (χ4v) is 1.81. The lowest BCUT2D eigenvalue weighted by Crippen LogP contribution is -2.42. The lowest BCUT2D eigenvalue weighted by atomic mass is 9.77. The molecule has 2 heteroatoms. The van der Waals surface area contributed by atoms with Crippen molar-refractivity contribution in [2.45, 2.75) is 53.5 Å². The Morgan fingerprint density at radius 3 is 2.24 bits per heavy atom. The van der Waals surface area contributed by atoms with Gasteiger partial charge >= 0.3 is 0 Å². The van der Waals surface area contributed by atoms with E-state index in [1.54, 1.807) is 6.26 Å². The molecule has 0 amide bonds. The molecule has 0 aromatic carbocycles. The molecule has 98 valence electrons. The number of furan rings is 1. The summed E-state index contributed by atoms with van der Waals surface area (Å²) in [5, 5.41) is 3.61. The van der Waals surface area contributed by atoms with Crippen molar-refractivity contribution >= 4 is 0 Å². The number of hydrogen-bond acceptors (Lipinski definition) is 2. The van der Waals surface area contributed by atoms with Crippen LogP contribution in [0, 0.1) is 11.3 Å². The molecule has 1 atom stereocenters. The highest BCUT2D eigenvalue weighted by Gasteiger charge is 2.26. The quantitative estimate of drug-likeness (QED) is 0.860. The van der Waals surface area contributed by atoms with Gasteiger partial charge in [0, 0.05) is 5.54 Å². The van der Waals surface area contributed by atoms with Crippen LogP contribution in [0.3, 0.4) is 0 Å². The monoisotopic (exact) mass is 237 g/mol. The molecule has 17 heavy (non-hydrogen) atoms. The first kappa shape index (κ1) is 14.3. The SMILES string of the molecule is CC(C)(C)NCC(Cc1ccoc1)C(C)(C)C. The second kappa shape index (κ2) is 5.26. The predicted octanol–water partition coefficient (Wildman–Crippen LogP) is 3.87. The van der Waals surface area contributed by atoms with Gasteiger partial charge < -0.3 is 9.73 Å². The largest absolute Gasteiger partial charge is 0.472 e. The van der Waals surface area contributed by atoms with E-state index in [-0.39, 0.29) is 5.54 Å². The van der Waals surface area contributed by atoms with Crippen molar-refractivity contribution in [1.29, 1.82) is 0 Å². The van der Waals surface area contributed by atoms with E-state index in [2.05, 4.69) is 52.9 Å². The molecule has 0 saturated heterocycles. The van der Waals surface area contributed by atoms with Gasteiger partial charge in [-0.05, 0) is 56.7 Å². The first-order valence-electron chi connectivity index (χ1n) is 6.44. The summed E-state index contributed by atoms with van der Waals surface area (Å²) < 4.78 is 5.15. The molecule has 0 radical (unpaired) electrons. The number of hydrogen-bond donors (Lipinski definition) is 1. The van der Waals surface area contributed by atoms with Crippen molar-refractivity contribution < 1.29 is 4.42 Å². The molecule has 0 bridgehead atoms. The molecular weight excluding hydrogens is 210 g/mol. The molecule has 1 unspecified atom stereocenters. The summed E-state index contributed by atoms with van der Waals surface area (Å²) in [5.41, 5.74) is 1.77. The smallest absolute Gasteiger partial charge is 0.0934 e. The van der Waals surface area contributed by atoms with E-state index in [0.717, 1.165) is 13.0 Å². The molecule has 1 N–H and O–H groups in total. The first-order valence-corrected chi connectivity index (χ1v) is 6.44. The van der Waals surface area contributed by atoms with E-state index in [4.69, 9.17) is 4.42 Å². The van der Waals surface area contributed by atoms with Crippen molar-refractivity contribution in [2.75, 3.05) is 6.54 Å². The Morgan fingerprint density at radius 2 is 1.82 bits per heavy atom. The summed E-state index contributed by atoms with van der Waals surface area (Å²) in [6, 6.07) is 2.07. The standard InChI is InChI=1S/C15H27NO/c1-14(2,3)13(10-16-15(4,5)6)9-12-7-8-17-11-12/h7-8,11,13,16H,9-10H2,1-6H3. The van der Waals surface area contributed by atoms with Crippen LogP contribution in [0.15, 0.2) is 23.0 Å². The van der Waals surface area contributed by atoms with Gasteiger partial charge in [-0.1, -0.05) is 20.8 Å². The summed E-state index contributed by atoms with van der Waals surface area (Å²) in [6.07, 6.45) is 4.69. The van der Waals surface area contributed by atoms with Gasteiger partial charge in [0.1, 0.15) is 0 Å². The first-order chi connectivity index (χ1) is 7.68. The Labute approximate surface area is 106 Å². The highest BCUT2D eigenvalue weighted by Crippen LogP contribution is 2.29. The zero-order chi connectivity index (χ0) is 13.1. The maximum atomic E-state index is 5.15. The molecule has 1 aromatic heterocycles. The molecule has 0 fully saturated rings. The third-order valence-corrected chi connectivity index (χ3v) is 3.17. The second-order valence-corrected chi connectivity index (χ2v) is 7.03. The van der Waals surface area contributed by atoms with Crippen LogP contribution in [0.1, 0.15) is 47.1 Å². The van der Waals surface area contributed by atoms with Crippen LogP contribution in [0.4, 0.5) is 0 Å². The van der Waals surface area contributed by atoms with Gasteiger partial charge in [0.05, 0.1) is 12.5 Å². The molecule has 2 nitrogen and oxygen atoms in total. The van der Waals surface area contributed by atoms with Crippen molar-refractivity contribution in [3.8, 4) is 0 Å². The topological polar surface area (TPSA) is 25.2 Å². The van der Waals surface area contributed by atoms with Crippen molar-refractivity contribution in [1.82, 2.24) is 5.32 Å². The van der Waals surface area contributed by atoms with E-state index >= 15 is 0 Å². The normalized spacial score (nSPS) is 14.9. The lowest BCUT2D eigenvalue weighted by molar-refractivity contribution is 0.214. The average molecular weight is 237 g/mol. The van der Waals surface area contributed by atoms with E-state index in [9.17, 15) is 0 Å². The van der Waals surface area contributed by atoms with E-state index in [0.29, 0.717) is 11.3 Å². The van der Waals surface area contributed by atoms with E-state index in [1.807, 2.05) is 6.26 Å². The molecule has 0 aliphatic carbocycles. The molecule has 1 rings (SSSR count). The minimum atomic E-state index is 0.180. The average Bonchev–Trinajstić information content (AvgIpc) is 2.60. The van der Waals surface area contributed by atoms with Gasteiger partial charge in [0.15, 0.2) is 0 Å². The van der Waals surface area contributed by atoms with Crippen molar-refractivity contribution in [3.63, 3.8) is 0 Å². The highest BCUT2D eigenvalue weighted by atomic mass is 16.3.